The Morgan fingerprint density at radius 3 is 2.45 bits per heavy atom. The molecule has 0 saturated heterocycles. The first-order valence-electron chi connectivity index (χ1n) is 7.07. The molecule has 2 rings (SSSR count). The highest BCUT2D eigenvalue weighted by molar-refractivity contribution is 5.89. The average Bonchev–Trinajstić information content (AvgIpc) is 2.44. The summed E-state index contributed by atoms with van der Waals surface area (Å²) in [5.41, 5.74) is 4.18. The van der Waals surface area contributed by atoms with Crippen molar-refractivity contribution in [2.24, 2.45) is 0 Å². The molecule has 2 aromatic rings. The number of fused-ring (bicyclic) bond motifs is 1. The molecule has 0 heterocycles. The number of aliphatic hydroxyl groups excluding tert-OH is 1. The fourth-order valence-corrected chi connectivity index (χ4v) is 2.60. The van der Waals surface area contributed by atoms with Crippen LogP contribution in [0.5, 0.6) is 0 Å². The molecule has 1 nitrogen and oxygen atoms in total. The van der Waals surface area contributed by atoms with Crippen molar-refractivity contribution in [3.63, 3.8) is 0 Å². The summed E-state index contributed by atoms with van der Waals surface area (Å²) in [6.07, 6.45) is 2.23. The largest absolute Gasteiger partial charge is 0.384 e. The molecule has 0 bridgehead atoms. The third-order valence-electron chi connectivity index (χ3n) is 3.66. The number of rotatable bonds is 4. The topological polar surface area (TPSA) is 20.2 Å². The second-order valence-electron chi connectivity index (χ2n) is 5.34. The molecule has 0 spiro atoms. The van der Waals surface area contributed by atoms with Crippen LogP contribution in [0, 0.1) is 6.92 Å². The third kappa shape index (κ3) is 2.83. The van der Waals surface area contributed by atoms with Gasteiger partial charge in [0.25, 0.3) is 0 Å². The smallest absolute Gasteiger partial charge is 0.101 e. The summed E-state index contributed by atoms with van der Waals surface area (Å²) in [4.78, 5) is 0. The molecule has 20 heavy (non-hydrogen) atoms. The Morgan fingerprint density at radius 1 is 1.20 bits per heavy atom. The van der Waals surface area contributed by atoms with Crippen LogP contribution < -0.4 is 0 Å². The fraction of sp³-hybridized carbons (Fsp3) is 0.263. The van der Waals surface area contributed by atoms with Gasteiger partial charge in [-0.25, -0.2) is 0 Å². The maximum absolute atomic E-state index is 10.7. The Kier molecular flexibility index (Phi) is 4.41. The van der Waals surface area contributed by atoms with E-state index >= 15 is 0 Å². The second kappa shape index (κ2) is 6.06. The predicted octanol–water partition coefficient (Wildman–Crippen LogP) is 5.09. The first-order chi connectivity index (χ1) is 9.54. The van der Waals surface area contributed by atoms with Gasteiger partial charge in [0.1, 0.15) is 6.10 Å². The normalized spacial score (nSPS) is 13.5. The Morgan fingerprint density at radius 2 is 1.85 bits per heavy atom. The van der Waals surface area contributed by atoms with Gasteiger partial charge in [0, 0.05) is 0 Å². The quantitative estimate of drug-likeness (QED) is 0.764. The lowest BCUT2D eigenvalue weighted by Crippen LogP contribution is -2.03. The first-order valence-corrected chi connectivity index (χ1v) is 7.07. The van der Waals surface area contributed by atoms with Gasteiger partial charge in [-0.3, -0.25) is 0 Å². The molecule has 1 atom stereocenters. The molecule has 1 heteroatoms. The summed E-state index contributed by atoms with van der Waals surface area (Å²) in [6.45, 7) is 10.0. The Labute approximate surface area is 121 Å². The predicted molar refractivity (Wildman–Crippen MR) is 86.8 cm³/mol. The van der Waals surface area contributed by atoms with E-state index in [0.29, 0.717) is 0 Å². The Balaban J connectivity index is 2.58. The van der Waals surface area contributed by atoms with E-state index in [1.54, 1.807) is 0 Å². The molecule has 0 fully saturated rings. The van der Waals surface area contributed by atoms with Crippen molar-refractivity contribution in [3.05, 3.63) is 71.3 Å². The lowest BCUT2D eigenvalue weighted by atomic mass is 9.92. The van der Waals surface area contributed by atoms with Gasteiger partial charge in [0.2, 0.25) is 0 Å². The summed E-state index contributed by atoms with van der Waals surface area (Å²) >= 11 is 0. The number of allylic oxidation sites excluding steroid dienone is 2. The molecule has 2 aromatic carbocycles. The number of benzene rings is 2. The van der Waals surface area contributed by atoms with Crippen LogP contribution in [0.1, 0.15) is 37.5 Å². The van der Waals surface area contributed by atoms with Crippen LogP contribution in [0.2, 0.25) is 0 Å². The molecule has 1 N–H and O–H groups in total. The molecule has 0 amide bonds. The molecular weight excluding hydrogens is 244 g/mol. The fourth-order valence-electron chi connectivity index (χ4n) is 2.60. The number of hydrogen-bond donors (Lipinski definition) is 1. The first kappa shape index (κ1) is 14.5. The van der Waals surface area contributed by atoms with E-state index in [1.807, 2.05) is 31.2 Å². The molecule has 104 valence electrons. The minimum Gasteiger partial charge on any atom is -0.384 e. The zero-order valence-corrected chi connectivity index (χ0v) is 12.5. The molecule has 0 aromatic heterocycles. The van der Waals surface area contributed by atoms with E-state index in [2.05, 4.69) is 38.6 Å². The van der Waals surface area contributed by atoms with Crippen molar-refractivity contribution < 1.29 is 5.11 Å². The summed E-state index contributed by atoms with van der Waals surface area (Å²) < 4.78 is 0. The number of aliphatic hydroxyl groups is 1. The van der Waals surface area contributed by atoms with Crippen LogP contribution in [0.15, 0.2) is 60.2 Å². The molecule has 0 aliphatic rings. The average molecular weight is 266 g/mol. The molecule has 0 saturated carbocycles. The van der Waals surface area contributed by atoms with Gasteiger partial charge in [-0.15, -0.1) is 0 Å². The van der Waals surface area contributed by atoms with Gasteiger partial charge in [0.15, 0.2) is 0 Å². The van der Waals surface area contributed by atoms with E-state index in [0.717, 1.165) is 28.5 Å². The SMILES string of the molecule is C=C(C)/C=C(\CC)[C@@H](O)c1ccc(C)c2ccccc12. The van der Waals surface area contributed by atoms with Crippen molar-refractivity contribution in [3.8, 4) is 0 Å². The van der Waals surface area contributed by atoms with Crippen LogP contribution in [0.4, 0.5) is 0 Å². The molecule has 0 aliphatic heterocycles. The zero-order valence-electron chi connectivity index (χ0n) is 12.5. The summed E-state index contributed by atoms with van der Waals surface area (Å²) in [7, 11) is 0. The van der Waals surface area contributed by atoms with Gasteiger partial charge in [0.05, 0.1) is 0 Å². The number of aryl methyl sites for hydroxylation is 1. The van der Waals surface area contributed by atoms with Crippen LogP contribution in [-0.2, 0) is 0 Å². The van der Waals surface area contributed by atoms with E-state index in [4.69, 9.17) is 0 Å². The van der Waals surface area contributed by atoms with Crippen LogP contribution in [0.3, 0.4) is 0 Å². The Hall–Kier alpha value is -1.86. The molecular formula is C19H22O. The van der Waals surface area contributed by atoms with Gasteiger partial charge in [-0.05, 0) is 47.7 Å². The maximum atomic E-state index is 10.7. The standard InChI is InChI=1S/C19H22O/c1-5-15(12-13(2)3)19(20)18-11-10-14(4)16-8-6-7-9-17(16)18/h6-12,19-20H,2,5H2,1,3-4H3/b15-12+/t19-/m1/s1. The molecule has 0 unspecified atom stereocenters. The highest BCUT2D eigenvalue weighted by Crippen LogP contribution is 2.32. The van der Waals surface area contributed by atoms with E-state index in [9.17, 15) is 5.11 Å². The second-order valence-corrected chi connectivity index (χ2v) is 5.34. The Bertz CT molecular complexity index is 665. The monoisotopic (exact) mass is 266 g/mol. The molecule has 0 radical (unpaired) electrons. The minimum atomic E-state index is -0.567. The van der Waals surface area contributed by atoms with Crippen LogP contribution in [0.25, 0.3) is 10.8 Å². The van der Waals surface area contributed by atoms with Crippen LogP contribution in [-0.4, -0.2) is 5.11 Å². The van der Waals surface area contributed by atoms with Gasteiger partial charge >= 0.3 is 0 Å². The zero-order chi connectivity index (χ0) is 14.7. The summed E-state index contributed by atoms with van der Waals surface area (Å²) in [5.74, 6) is 0. The van der Waals surface area contributed by atoms with Crippen molar-refractivity contribution >= 4 is 10.8 Å². The maximum Gasteiger partial charge on any atom is 0.101 e. The van der Waals surface area contributed by atoms with E-state index < -0.39 is 6.10 Å². The summed E-state index contributed by atoms with van der Waals surface area (Å²) in [5, 5.41) is 13.0. The van der Waals surface area contributed by atoms with E-state index in [1.165, 1.54) is 10.9 Å². The highest BCUT2D eigenvalue weighted by Gasteiger charge is 2.15. The van der Waals surface area contributed by atoms with Gasteiger partial charge < -0.3 is 5.11 Å². The number of hydrogen-bond acceptors (Lipinski definition) is 1. The summed E-state index contributed by atoms with van der Waals surface area (Å²) in [6, 6.07) is 12.4. The van der Waals surface area contributed by atoms with Gasteiger partial charge in [-0.2, -0.15) is 0 Å². The van der Waals surface area contributed by atoms with Gasteiger partial charge in [-0.1, -0.05) is 61.5 Å². The van der Waals surface area contributed by atoms with Crippen LogP contribution >= 0.6 is 0 Å². The molecule has 0 aliphatic carbocycles. The lowest BCUT2D eigenvalue weighted by Gasteiger charge is -2.17. The third-order valence-corrected chi connectivity index (χ3v) is 3.66. The van der Waals surface area contributed by atoms with Crippen molar-refractivity contribution in [2.45, 2.75) is 33.3 Å². The van der Waals surface area contributed by atoms with Crippen molar-refractivity contribution in [1.29, 1.82) is 0 Å². The van der Waals surface area contributed by atoms with Crippen molar-refractivity contribution in [1.82, 2.24) is 0 Å². The van der Waals surface area contributed by atoms with Crippen molar-refractivity contribution in [2.75, 3.05) is 0 Å². The lowest BCUT2D eigenvalue weighted by molar-refractivity contribution is 0.213. The van der Waals surface area contributed by atoms with E-state index in [-0.39, 0.29) is 0 Å². The highest BCUT2D eigenvalue weighted by atomic mass is 16.3. The minimum absolute atomic E-state index is 0.567.